The van der Waals surface area contributed by atoms with Crippen LogP contribution in [-0.2, 0) is 16.1 Å². The highest BCUT2D eigenvalue weighted by Gasteiger charge is 2.48. The third kappa shape index (κ3) is 3.06. The van der Waals surface area contributed by atoms with Crippen molar-refractivity contribution in [2.24, 2.45) is 5.73 Å². The second-order valence-corrected chi connectivity index (χ2v) is 5.49. The van der Waals surface area contributed by atoms with E-state index in [0.29, 0.717) is 19.7 Å². The minimum absolute atomic E-state index is 0.0583. The molecule has 1 amide bonds. The first kappa shape index (κ1) is 12.5. The van der Waals surface area contributed by atoms with Crippen LogP contribution in [0, 0.1) is 0 Å². The molecule has 1 fully saturated rings. The van der Waals surface area contributed by atoms with Crippen molar-refractivity contribution in [1.82, 2.24) is 4.90 Å². The fourth-order valence-corrected chi connectivity index (χ4v) is 2.43. The highest BCUT2D eigenvalue weighted by atomic mass is 32.1. The van der Waals surface area contributed by atoms with E-state index < -0.39 is 5.54 Å². The van der Waals surface area contributed by atoms with E-state index in [1.807, 2.05) is 22.4 Å². The number of hydrogen-bond acceptors (Lipinski definition) is 4. The predicted molar refractivity (Wildman–Crippen MR) is 67.8 cm³/mol. The second-order valence-electron chi connectivity index (χ2n) is 4.46. The quantitative estimate of drug-likeness (QED) is 0.830. The molecule has 0 aromatic carbocycles. The molecule has 2 rings (SSSR count). The van der Waals surface area contributed by atoms with Crippen molar-refractivity contribution in [3.63, 3.8) is 0 Å². The third-order valence-electron chi connectivity index (χ3n) is 2.99. The van der Waals surface area contributed by atoms with Gasteiger partial charge in [-0.1, -0.05) is 6.07 Å². The Morgan fingerprint density at radius 2 is 2.41 bits per heavy atom. The molecular weight excluding hydrogens is 236 g/mol. The van der Waals surface area contributed by atoms with Gasteiger partial charge in [-0.3, -0.25) is 4.79 Å². The zero-order valence-electron chi connectivity index (χ0n) is 10.0. The first-order valence-electron chi connectivity index (χ1n) is 5.75. The lowest BCUT2D eigenvalue weighted by Crippen LogP contribution is -2.46. The van der Waals surface area contributed by atoms with E-state index >= 15 is 0 Å². The van der Waals surface area contributed by atoms with E-state index in [4.69, 9.17) is 10.5 Å². The normalized spacial score (nSPS) is 16.8. The largest absolute Gasteiger partial charge is 0.383 e. The van der Waals surface area contributed by atoms with Gasteiger partial charge in [-0.25, -0.2) is 0 Å². The average molecular weight is 254 g/mol. The number of rotatable bonds is 6. The Balaban J connectivity index is 1.99. The first-order valence-corrected chi connectivity index (χ1v) is 6.63. The van der Waals surface area contributed by atoms with Crippen molar-refractivity contribution >= 4 is 17.2 Å². The molecule has 1 heterocycles. The Bertz CT molecular complexity index is 374. The number of methoxy groups -OCH3 is 1. The molecule has 0 saturated heterocycles. The molecule has 0 bridgehead atoms. The van der Waals surface area contributed by atoms with Gasteiger partial charge in [-0.2, -0.15) is 0 Å². The van der Waals surface area contributed by atoms with Crippen LogP contribution in [0.3, 0.4) is 0 Å². The van der Waals surface area contributed by atoms with E-state index in [1.54, 1.807) is 18.4 Å². The summed E-state index contributed by atoms with van der Waals surface area (Å²) in [5.41, 5.74) is 5.37. The number of nitrogens with zero attached hydrogens (tertiary/aromatic N) is 1. The lowest BCUT2D eigenvalue weighted by molar-refractivity contribution is -0.134. The zero-order valence-corrected chi connectivity index (χ0v) is 10.8. The monoisotopic (exact) mass is 254 g/mol. The first-order chi connectivity index (χ1) is 8.15. The van der Waals surface area contributed by atoms with Gasteiger partial charge in [0.2, 0.25) is 5.91 Å². The maximum Gasteiger partial charge on any atom is 0.243 e. The molecule has 0 atom stereocenters. The molecule has 1 aliphatic rings. The molecule has 5 heteroatoms. The van der Waals surface area contributed by atoms with Crippen LogP contribution in [0.25, 0.3) is 0 Å². The fraction of sp³-hybridized carbons (Fsp3) is 0.583. The summed E-state index contributed by atoms with van der Waals surface area (Å²) in [7, 11) is 1.64. The molecule has 1 aromatic rings. The van der Waals surface area contributed by atoms with Gasteiger partial charge in [0.25, 0.3) is 0 Å². The Hall–Kier alpha value is -0.910. The number of thiophene rings is 1. The molecule has 2 N–H and O–H groups in total. The summed E-state index contributed by atoms with van der Waals surface area (Å²) < 4.78 is 5.04. The Labute approximate surface area is 105 Å². The number of nitrogens with two attached hydrogens (primary N) is 1. The molecule has 0 unspecified atom stereocenters. The summed E-state index contributed by atoms with van der Waals surface area (Å²) in [5.74, 6) is 0.0583. The Kier molecular flexibility index (Phi) is 3.81. The van der Waals surface area contributed by atoms with Crippen LogP contribution in [-0.4, -0.2) is 36.6 Å². The zero-order chi connectivity index (χ0) is 12.3. The van der Waals surface area contributed by atoms with Crippen LogP contribution < -0.4 is 5.73 Å². The van der Waals surface area contributed by atoms with Crippen molar-refractivity contribution in [2.45, 2.75) is 24.9 Å². The SMILES string of the molecule is COCCN(Cc1cccs1)C(=O)C1(N)CC1. The van der Waals surface area contributed by atoms with Crippen molar-refractivity contribution < 1.29 is 9.53 Å². The van der Waals surface area contributed by atoms with E-state index in [0.717, 1.165) is 12.8 Å². The Morgan fingerprint density at radius 1 is 1.65 bits per heavy atom. The number of carbonyl (C=O) groups is 1. The highest BCUT2D eigenvalue weighted by Crippen LogP contribution is 2.34. The van der Waals surface area contributed by atoms with Gasteiger partial charge in [0.05, 0.1) is 18.7 Å². The van der Waals surface area contributed by atoms with Crippen LogP contribution >= 0.6 is 11.3 Å². The maximum absolute atomic E-state index is 12.2. The summed E-state index contributed by atoms with van der Waals surface area (Å²) in [4.78, 5) is 15.2. The molecule has 1 saturated carbocycles. The van der Waals surface area contributed by atoms with Gasteiger partial charge in [-0.05, 0) is 24.3 Å². The number of carbonyl (C=O) groups excluding carboxylic acids is 1. The lowest BCUT2D eigenvalue weighted by atomic mass is 10.2. The molecule has 17 heavy (non-hydrogen) atoms. The summed E-state index contributed by atoms with van der Waals surface area (Å²) in [6, 6.07) is 4.03. The van der Waals surface area contributed by atoms with Gasteiger partial charge >= 0.3 is 0 Å². The average Bonchev–Trinajstić information content (AvgIpc) is 2.88. The third-order valence-corrected chi connectivity index (χ3v) is 3.86. The summed E-state index contributed by atoms with van der Waals surface area (Å²) in [6.07, 6.45) is 1.61. The van der Waals surface area contributed by atoms with E-state index in [-0.39, 0.29) is 5.91 Å². The molecular formula is C12H18N2O2S. The highest BCUT2D eigenvalue weighted by molar-refractivity contribution is 7.09. The van der Waals surface area contributed by atoms with Crippen LogP contribution in [0.15, 0.2) is 17.5 Å². The number of hydrogen-bond donors (Lipinski definition) is 1. The minimum atomic E-state index is -0.592. The summed E-state index contributed by atoms with van der Waals surface area (Å²) >= 11 is 1.66. The number of ether oxygens (including phenoxy) is 1. The fourth-order valence-electron chi connectivity index (χ4n) is 1.71. The van der Waals surface area contributed by atoms with E-state index in [1.165, 1.54) is 4.88 Å². The molecule has 0 radical (unpaired) electrons. The summed E-state index contributed by atoms with van der Waals surface area (Å²) in [5, 5.41) is 2.02. The van der Waals surface area contributed by atoms with Crippen molar-refractivity contribution in [2.75, 3.05) is 20.3 Å². The van der Waals surface area contributed by atoms with Crippen molar-refractivity contribution in [3.05, 3.63) is 22.4 Å². The Morgan fingerprint density at radius 3 is 2.94 bits per heavy atom. The van der Waals surface area contributed by atoms with Crippen LogP contribution in [0.4, 0.5) is 0 Å². The smallest absolute Gasteiger partial charge is 0.243 e. The van der Waals surface area contributed by atoms with Crippen LogP contribution in [0.5, 0.6) is 0 Å². The molecule has 94 valence electrons. The predicted octanol–water partition coefficient (Wildman–Crippen LogP) is 1.21. The van der Waals surface area contributed by atoms with Crippen molar-refractivity contribution in [1.29, 1.82) is 0 Å². The molecule has 0 aliphatic heterocycles. The molecule has 1 aliphatic carbocycles. The minimum Gasteiger partial charge on any atom is -0.383 e. The van der Waals surface area contributed by atoms with Gasteiger partial charge in [-0.15, -0.1) is 11.3 Å². The van der Waals surface area contributed by atoms with Gasteiger partial charge in [0.15, 0.2) is 0 Å². The second kappa shape index (κ2) is 5.16. The maximum atomic E-state index is 12.2. The van der Waals surface area contributed by atoms with E-state index in [9.17, 15) is 4.79 Å². The standard InChI is InChI=1S/C12H18N2O2S/c1-16-7-6-14(9-10-3-2-8-17-10)11(15)12(13)4-5-12/h2-3,8H,4-7,9,13H2,1H3. The number of amides is 1. The topological polar surface area (TPSA) is 55.6 Å². The molecule has 0 spiro atoms. The van der Waals surface area contributed by atoms with E-state index in [2.05, 4.69) is 0 Å². The molecule has 4 nitrogen and oxygen atoms in total. The van der Waals surface area contributed by atoms with Gasteiger partial charge in [0, 0.05) is 18.5 Å². The molecule has 1 aromatic heterocycles. The van der Waals surface area contributed by atoms with Crippen LogP contribution in [0.1, 0.15) is 17.7 Å². The van der Waals surface area contributed by atoms with Gasteiger partial charge < -0.3 is 15.4 Å². The van der Waals surface area contributed by atoms with Crippen molar-refractivity contribution in [3.8, 4) is 0 Å². The summed E-state index contributed by atoms with van der Waals surface area (Å²) in [6.45, 7) is 1.79. The van der Waals surface area contributed by atoms with Gasteiger partial charge in [0.1, 0.15) is 0 Å². The lowest BCUT2D eigenvalue weighted by Gasteiger charge is -2.24. The van der Waals surface area contributed by atoms with Crippen LogP contribution in [0.2, 0.25) is 0 Å².